The Morgan fingerprint density at radius 2 is 1.76 bits per heavy atom. The molecule has 1 aromatic heterocycles. The first-order valence-corrected chi connectivity index (χ1v) is 8.35. The van der Waals surface area contributed by atoms with Crippen molar-refractivity contribution in [3.05, 3.63) is 54.4 Å². The standard InChI is InChI=1S/C19H20N2O4/c22-18(21-14-10-8-13(9-11-14)19(23)24)17-16(7-4-12-20-17)25-15-5-2-1-3-6-15/h1-7,12-14H,8-11H2,(H,21,22)(H,23,24). The van der Waals surface area contributed by atoms with Gasteiger partial charge >= 0.3 is 5.97 Å². The Morgan fingerprint density at radius 3 is 2.44 bits per heavy atom. The van der Waals surface area contributed by atoms with Gasteiger partial charge in [-0.25, -0.2) is 4.98 Å². The highest BCUT2D eigenvalue weighted by Crippen LogP contribution is 2.26. The second kappa shape index (κ2) is 7.79. The van der Waals surface area contributed by atoms with E-state index in [4.69, 9.17) is 9.84 Å². The average molecular weight is 340 g/mol. The second-order valence-corrected chi connectivity index (χ2v) is 6.13. The molecule has 1 aliphatic carbocycles. The lowest BCUT2D eigenvalue weighted by Crippen LogP contribution is -2.39. The van der Waals surface area contributed by atoms with Crippen LogP contribution < -0.4 is 10.1 Å². The van der Waals surface area contributed by atoms with Crippen LogP contribution in [0.3, 0.4) is 0 Å². The van der Waals surface area contributed by atoms with Gasteiger partial charge in [-0.3, -0.25) is 9.59 Å². The summed E-state index contributed by atoms with van der Waals surface area (Å²) in [5, 5.41) is 12.0. The highest BCUT2D eigenvalue weighted by Gasteiger charge is 2.27. The van der Waals surface area contributed by atoms with Crippen LogP contribution >= 0.6 is 0 Å². The van der Waals surface area contributed by atoms with Crippen molar-refractivity contribution in [1.82, 2.24) is 10.3 Å². The second-order valence-electron chi connectivity index (χ2n) is 6.13. The molecule has 2 aromatic rings. The predicted octanol–water partition coefficient (Wildman–Crippen LogP) is 3.25. The van der Waals surface area contributed by atoms with Crippen molar-refractivity contribution in [3.63, 3.8) is 0 Å². The minimum atomic E-state index is -0.756. The lowest BCUT2D eigenvalue weighted by atomic mass is 9.86. The number of hydrogen-bond donors (Lipinski definition) is 2. The topological polar surface area (TPSA) is 88.5 Å². The molecule has 1 amide bonds. The Bertz CT molecular complexity index is 740. The lowest BCUT2D eigenvalue weighted by Gasteiger charge is -2.26. The molecule has 2 N–H and O–H groups in total. The minimum absolute atomic E-state index is 0.0327. The monoisotopic (exact) mass is 340 g/mol. The first-order chi connectivity index (χ1) is 12.1. The molecule has 0 unspecified atom stereocenters. The van der Waals surface area contributed by atoms with E-state index in [1.807, 2.05) is 30.3 Å². The minimum Gasteiger partial charge on any atom is -0.481 e. The summed E-state index contributed by atoms with van der Waals surface area (Å²) in [4.78, 5) is 27.7. The van der Waals surface area contributed by atoms with Crippen LogP contribution in [0.25, 0.3) is 0 Å². The molecular weight excluding hydrogens is 320 g/mol. The number of carboxylic acids is 1. The molecule has 0 radical (unpaired) electrons. The number of carbonyl (C=O) groups excluding carboxylic acids is 1. The number of amides is 1. The first kappa shape index (κ1) is 17.0. The van der Waals surface area contributed by atoms with Crippen molar-refractivity contribution in [2.24, 2.45) is 5.92 Å². The first-order valence-electron chi connectivity index (χ1n) is 8.35. The SMILES string of the molecule is O=C(NC1CCC(C(=O)O)CC1)c1ncccc1Oc1ccccc1. The smallest absolute Gasteiger partial charge is 0.306 e. The number of ether oxygens (including phenoxy) is 1. The molecule has 25 heavy (non-hydrogen) atoms. The zero-order chi connectivity index (χ0) is 17.6. The molecule has 1 aromatic carbocycles. The number of carbonyl (C=O) groups is 2. The van der Waals surface area contributed by atoms with Crippen LogP contribution in [-0.2, 0) is 4.79 Å². The number of carboxylic acid groups (broad SMARTS) is 1. The van der Waals surface area contributed by atoms with E-state index in [0.29, 0.717) is 37.2 Å². The van der Waals surface area contributed by atoms with Gasteiger partial charge < -0.3 is 15.2 Å². The van der Waals surface area contributed by atoms with Gasteiger partial charge in [0.25, 0.3) is 5.91 Å². The molecule has 1 saturated carbocycles. The summed E-state index contributed by atoms with van der Waals surface area (Å²) in [7, 11) is 0. The number of aromatic nitrogens is 1. The fourth-order valence-electron chi connectivity index (χ4n) is 3.00. The summed E-state index contributed by atoms with van der Waals surface area (Å²) in [6, 6.07) is 12.6. The Hall–Kier alpha value is -2.89. The van der Waals surface area contributed by atoms with Crippen molar-refractivity contribution in [3.8, 4) is 11.5 Å². The van der Waals surface area contributed by atoms with E-state index in [9.17, 15) is 9.59 Å². The summed E-state index contributed by atoms with van der Waals surface area (Å²) in [6.45, 7) is 0. The summed E-state index contributed by atoms with van der Waals surface area (Å²) >= 11 is 0. The molecule has 0 spiro atoms. The molecule has 0 aliphatic heterocycles. The molecule has 0 bridgehead atoms. The van der Waals surface area contributed by atoms with Crippen LogP contribution in [0.1, 0.15) is 36.2 Å². The number of rotatable bonds is 5. The number of hydrogen-bond acceptors (Lipinski definition) is 4. The molecule has 6 heteroatoms. The van der Waals surface area contributed by atoms with Gasteiger partial charge in [0.05, 0.1) is 5.92 Å². The molecule has 1 heterocycles. The van der Waals surface area contributed by atoms with Crippen LogP contribution in [0.4, 0.5) is 0 Å². The van der Waals surface area contributed by atoms with Crippen LogP contribution in [0.2, 0.25) is 0 Å². The van der Waals surface area contributed by atoms with Gasteiger partial charge in [0.2, 0.25) is 0 Å². The normalized spacial score (nSPS) is 19.8. The highest BCUT2D eigenvalue weighted by molar-refractivity contribution is 5.95. The maximum Gasteiger partial charge on any atom is 0.306 e. The van der Waals surface area contributed by atoms with E-state index >= 15 is 0 Å². The largest absolute Gasteiger partial charge is 0.481 e. The van der Waals surface area contributed by atoms with E-state index in [1.165, 1.54) is 0 Å². The summed E-state index contributed by atoms with van der Waals surface area (Å²) in [5.74, 6) is -0.338. The molecule has 3 rings (SSSR count). The molecular formula is C19H20N2O4. The van der Waals surface area contributed by atoms with Gasteiger partial charge in [-0.2, -0.15) is 0 Å². The zero-order valence-electron chi connectivity index (χ0n) is 13.7. The molecule has 0 saturated heterocycles. The van der Waals surface area contributed by atoms with Crippen molar-refractivity contribution >= 4 is 11.9 Å². The van der Waals surface area contributed by atoms with Crippen LogP contribution in [-0.4, -0.2) is 28.0 Å². The van der Waals surface area contributed by atoms with Gasteiger partial charge in [0.1, 0.15) is 5.75 Å². The Morgan fingerprint density at radius 1 is 1.04 bits per heavy atom. The van der Waals surface area contributed by atoms with E-state index in [-0.39, 0.29) is 23.6 Å². The molecule has 0 atom stereocenters. The maximum absolute atomic E-state index is 12.6. The number of benzene rings is 1. The van der Waals surface area contributed by atoms with Crippen molar-refractivity contribution < 1.29 is 19.4 Å². The van der Waals surface area contributed by atoms with Gasteiger partial charge in [0.15, 0.2) is 11.4 Å². The Balaban J connectivity index is 1.66. The number of aliphatic carboxylic acids is 1. The fraction of sp³-hybridized carbons (Fsp3) is 0.316. The summed E-state index contributed by atoms with van der Waals surface area (Å²) in [6.07, 6.45) is 4.02. The number of para-hydroxylation sites is 1. The van der Waals surface area contributed by atoms with Crippen molar-refractivity contribution in [2.45, 2.75) is 31.7 Å². The van der Waals surface area contributed by atoms with Crippen LogP contribution in [0, 0.1) is 5.92 Å². The molecule has 1 aliphatic rings. The van der Waals surface area contributed by atoms with E-state index in [0.717, 1.165) is 0 Å². The quantitative estimate of drug-likeness (QED) is 0.872. The van der Waals surface area contributed by atoms with Gasteiger partial charge in [0, 0.05) is 12.2 Å². The van der Waals surface area contributed by atoms with Gasteiger partial charge in [-0.1, -0.05) is 18.2 Å². The number of nitrogens with one attached hydrogen (secondary N) is 1. The molecule has 1 fully saturated rings. The van der Waals surface area contributed by atoms with E-state index in [2.05, 4.69) is 10.3 Å². The molecule has 130 valence electrons. The van der Waals surface area contributed by atoms with Crippen molar-refractivity contribution in [1.29, 1.82) is 0 Å². The zero-order valence-corrected chi connectivity index (χ0v) is 13.7. The average Bonchev–Trinajstić information content (AvgIpc) is 2.63. The van der Waals surface area contributed by atoms with Gasteiger partial charge in [-0.05, 0) is 49.9 Å². The van der Waals surface area contributed by atoms with Crippen LogP contribution in [0.15, 0.2) is 48.7 Å². The highest BCUT2D eigenvalue weighted by atomic mass is 16.5. The summed E-state index contributed by atoms with van der Waals surface area (Å²) in [5.41, 5.74) is 0.228. The molecule has 6 nitrogen and oxygen atoms in total. The fourth-order valence-corrected chi connectivity index (χ4v) is 3.00. The number of pyridine rings is 1. The third-order valence-electron chi connectivity index (χ3n) is 4.37. The van der Waals surface area contributed by atoms with Crippen LogP contribution in [0.5, 0.6) is 11.5 Å². The van der Waals surface area contributed by atoms with E-state index < -0.39 is 5.97 Å². The Labute approximate surface area is 145 Å². The number of nitrogens with zero attached hydrogens (tertiary/aromatic N) is 1. The third-order valence-corrected chi connectivity index (χ3v) is 4.37. The predicted molar refractivity (Wildman–Crippen MR) is 91.6 cm³/mol. The Kier molecular flexibility index (Phi) is 5.28. The maximum atomic E-state index is 12.6. The lowest BCUT2D eigenvalue weighted by molar-refractivity contribution is -0.142. The van der Waals surface area contributed by atoms with E-state index in [1.54, 1.807) is 18.3 Å². The summed E-state index contributed by atoms with van der Waals surface area (Å²) < 4.78 is 5.77. The van der Waals surface area contributed by atoms with Gasteiger partial charge in [-0.15, -0.1) is 0 Å². The van der Waals surface area contributed by atoms with Crippen molar-refractivity contribution in [2.75, 3.05) is 0 Å². The third kappa shape index (κ3) is 4.35.